The van der Waals surface area contributed by atoms with Crippen molar-refractivity contribution in [1.29, 1.82) is 0 Å². The smallest absolute Gasteiger partial charge is 0.329 e. The van der Waals surface area contributed by atoms with Crippen molar-refractivity contribution < 1.29 is 28.7 Å². The second kappa shape index (κ2) is 11.4. The van der Waals surface area contributed by atoms with Crippen molar-refractivity contribution in [3.8, 4) is 5.75 Å². The highest BCUT2D eigenvalue weighted by Crippen LogP contribution is 2.27. The molecule has 0 radical (unpaired) electrons. The largest absolute Gasteiger partial charge is 0.483 e. The van der Waals surface area contributed by atoms with Gasteiger partial charge in [0.25, 0.3) is 11.8 Å². The molecule has 36 heavy (non-hydrogen) atoms. The molecular weight excluding hydrogens is 532 g/mol. The van der Waals surface area contributed by atoms with E-state index >= 15 is 0 Å². The van der Waals surface area contributed by atoms with Gasteiger partial charge in [0.05, 0.1) is 17.7 Å². The highest BCUT2D eigenvalue weighted by Gasteiger charge is 2.35. The third-order valence-corrected chi connectivity index (χ3v) is 6.28. The van der Waals surface area contributed by atoms with Gasteiger partial charge in [-0.2, -0.15) is 0 Å². The van der Waals surface area contributed by atoms with Crippen molar-refractivity contribution in [1.82, 2.24) is 15.1 Å². The van der Waals surface area contributed by atoms with Crippen molar-refractivity contribution in [3.05, 3.63) is 63.8 Å². The molecule has 4 rings (SSSR count). The van der Waals surface area contributed by atoms with Crippen molar-refractivity contribution in [2.75, 3.05) is 44.8 Å². The van der Waals surface area contributed by atoms with Gasteiger partial charge in [0, 0.05) is 18.8 Å². The standard InChI is InChI=1S/C25H25BrN4O6/c1-16-4-2-3-5-19(16)27-22(31)14-30-24(33)20(28-25(30)34)13-17-6-7-21(18(26)12-17)36-15-23(32)29-8-10-35-11-9-29/h2-7,12-13H,8-11,14-15H2,1H3,(H,27,31)(H,28,34)/b20-13-. The topological polar surface area (TPSA) is 117 Å². The van der Waals surface area contributed by atoms with E-state index in [1.165, 1.54) is 6.08 Å². The fourth-order valence-electron chi connectivity index (χ4n) is 3.70. The van der Waals surface area contributed by atoms with Crippen molar-refractivity contribution in [3.63, 3.8) is 0 Å². The number of carbonyl (C=O) groups is 4. The number of imide groups is 1. The maximum atomic E-state index is 12.8. The minimum Gasteiger partial charge on any atom is -0.483 e. The Morgan fingerprint density at radius 1 is 1.17 bits per heavy atom. The molecule has 0 aromatic heterocycles. The maximum absolute atomic E-state index is 12.8. The summed E-state index contributed by atoms with van der Waals surface area (Å²) in [7, 11) is 0. The third-order valence-electron chi connectivity index (χ3n) is 5.67. The normalized spacial score (nSPS) is 16.8. The number of ether oxygens (including phenoxy) is 2. The molecule has 5 amide bonds. The fraction of sp³-hybridized carbons (Fsp3) is 0.280. The summed E-state index contributed by atoms with van der Waals surface area (Å²) in [5, 5.41) is 5.22. The van der Waals surface area contributed by atoms with E-state index in [2.05, 4.69) is 26.6 Å². The Labute approximate surface area is 216 Å². The number of aryl methyl sites for hydroxylation is 1. The lowest BCUT2D eigenvalue weighted by atomic mass is 10.2. The summed E-state index contributed by atoms with van der Waals surface area (Å²) < 4.78 is 11.5. The SMILES string of the molecule is Cc1ccccc1NC(=O)CN1C(=O)N/C(=C\c2ccc(OCC(=O)N3CCOCC3)c(Br)c2)C1=O. The predicted molar refractivity (Wildman–Crippen MR) is 135 cm³/mol. The number of amides is 5. The van der Waals surface area contributed by atoms with E-state index in [0.717, 1.165) is 10.5 Å². The van der Waals surface area contributed by atoms with Crippen molar-refractivity contribution >= 4 is 51.4 Å². The average molecular weight is 557 g/mol. The predicted octanol–water partition coefficient (Wildman–Crippen LogP) is 2.53. The van der Waals surface area contributed by atoms with Gasteiger partial charge in [-0.3, -0.25) is 14.4 Å². The van der Waals surface area contributed by atoms with Crippen LogP contribution in [0.1, 0.15) is 11.1 Å². The Bertz CT molecular complexity index is 1220. The molecule has 2 saturated heterocycles. The van der Waals surface area contributed by atoms with E-state index in [4.69, 9.17) is 9.47 Å². The number of nitrogens with one attached hydrogen (secondary N) is 2. The summed E-state index contributed by atoms with van der Waals surface area (Å²) in [6, 6.07) is 11.6. The van der Waals surface area contributed by atoms with Gasteiger partial charge in [0.2, 0.25) is 5.91 Å². The molecule has 188 valence electrons. The van der Waals surface area contributed by atoms with Crippen LogP contribution < -0.4 is 15.4 Å². The van der Waals surface area contributed by atoms with Gasteiger partial charge in [0.15, 0.2) is 6.61 Å². The number of nitrogens with zero attached hydrogens (tertiary/aromatic N) is 2. The molecule has 2 aromatic carbocycles. The number of hydrogen-bond acceptors (Lipinski definition) is 6. The molecule has 2 aromatic rings. The lowest BCUT2D eigenvalue weighted by Gasteiger charge is -2.26. The molecule has 10 nitrogen and oxygen atoms in total. The number of urea groups is 1. The first-order valence-electron chi connectivity index (χ1n) is 11.3. The zero-order valence-electron chi connectivity index (χ0n) is 19.6. The lowest BCUT2D eigenvalue weighted by molar-refractivity contribution is -0.137. The van der Waals surface area contributed by atoms with E-state index < -0.39 is 24.4 Å². The van der Waals surface area contributed by atoms with Crippen LogP contribution in [-0.2, 0) is 19.1 Å². The van der Waals surface area contributed by atoms with Crippen LogP contribution in [0.3, 0.4) is 0 Å². The number of para-hydroxylation sites is 1. The van der Waals surface area contributed by atoms with Crippen molar-refractivity contribution in [2.24, 2.45) is 0 Å². The maximum Gasteiger partial charge on any atom is 0.329 e. The minimum absolute atomic E-state index is 0.0479. The van der Waals surface area contributed by atoms with Crippen LogP contribution in [0.4, 0.5) is 10.5 Å². The summed E-state index contributed by atoms with van der Waals surface area (Å²) in [4.78, 5) is 52.3. The van der Waals surface area contributed by atoms with Gasteiger partial charge in [-0.25, -0.2) is 9.69 Å². The molecule has 11 heteroatoms. The second-order valence-corrected chi connectivity index (χ2v) is 9.07. The first kappa shape index (κ1) is 25.4. The van der Waals surface area contributed by atoms with Crippen LogP contribution in [0.25, 0.3) is 6.08 Å². The molecule has 2 aliphatic rings. The second-order valence-electron chi connectivity index (χ2n) is 8.21. The molecule has 0 unspecified atom stereocenters. The van der Waals surface area contributed by atoms with Gasteiger partial charge < -0.3 is 25.0 Å². The first-order valence-corrected chi connectivity index (χ1v) is 12.1. The van der Waals surface area contributed by atoms with Crippen LogP contribution in [-0.4, -0.2) is 73.0 Å². The third kappa shape index (κ3) is 6.10. The van der Waals surface area contributed by atoms with E-state index in [-0.39, 0.29) is 18.2 Å². The zero-order valence-corrected chi connectivity index (χ0v) is 21.2. The number of morpholine rings is 1. The quantitative estimate of drug-likeness (QED) is 0.399. The average Bonchev–Trinajstić information content (AvgIpc) is 3.12. The molecule has 0 atom stereocenters. The summed E-state index contributed by atoms with van der Waals surface area (Å²) in [6.07, 6.45) is 1.51. The highest BCUT2D eigenvalue weighted by atomic mass is 79.9. The fourth-order valence-corrected chi connectivity index (χ4v) is 4.21. The summed E-state index contributed by atoms with van der Waals surface area (Å²) in [5.41, 5.74) is 2.14. The number of rotatable bonds is 7. The van der Waals surface area contributed by atoms with E-state index in [1.807, 2.05) is 19.1 Å². The molecule has 2 aliphatic heterocycles. The van der Waals surface area contributed by atoms with Gasteiger partial charge in [-0.1, -0.05) is 24.3 Å². The molecule has 0 spiro atoms. The Balaban J connectivity index is 1.36. The molecule has 2 N–H and O–H groups in total. The molecule has 0 aliphatic carbocycles. The first-order chi connectivity index (χ1) is 17.3. The van der Waals surface area contributed by atoms with E-state index in [1.54, 1.807) is 35.2 Å². The van der Waals surface area contributed by atoms with Crippen LogP contribution in [0.15, 0.2) is 52.6 Å². The monoisotopic (exact) mass is 556 g/mol. The van der Waals surface area contributed by atoms with E-state index in [0.29, 0.717) is 47.8 Å². The van der Waals surface area contributed by atoms with Gasteiger partial charge in [-0.15, -0.1) is 0 Å². The molecule has 2 heterocycles. The Morgan fingerprint density at radius 2 is 1.92 bits per heavy atom. The van der Waals surface area contributed by atoms with Gasteiger partial charge in [-0.05, 0) is 58.3 Å². The number of hydrogen-bond donors (Lipinski definition) is 2. The number of anilines is 1. The van der Waals surface area contributed by atoms with Crippen molar-refractivity contribution in [2.45, 2.75) is 6.92 Å². The summed E-state index contributed by atoms with van der Waals surface area (Å²) in [5.74, 6) is -0.741. The lowest BCUT2D eigenvalue weighted by Crippen LogP contribution is -2.43. The summed E-state index contributed by atoms with van der Waals surface area (Å²) in [6.45, 7) is 3.45. The summed E-state index contributed by atoms with van der Waals surface area (Å²) >= 11 is 3.42. The van der Waals surface area contributed by atoms with Crippen LogP contribution in [0.2, 0.25) is 0 Å². The van der Waals surface area contributed by atoms with Crippen LogP contribution in [0.5, 0.6) is 5.75 Å². The molecule has 0 bridgehead atoms. The van der Waals surface area contributed by atoms with Crippen LogP contribution in [0, 0.1) is 6.92 Å². The highest BCUT2D eigenvalue weighted by molar-refractivity contribution is 9.10. The van der Waals surface area contributed by atoms with Gasteiger partial charge >= 0.3 is 6.03 Å². The zero-order chi connectivity index (χ0) is 25.7. The van der Waals surface area contributed by atoms with Crippen LogP contribution >= 0.6 is 15.9 Å². The number of halogens is 1. The Hall–Kier alpha value is -3.70. The molecule has 2 fully saturated rings. The minimum atomic E-state index is -0.674. The Kier molecular flexibility index (Phi) is 8.01. The molecule has 0 saturated carbocycles. The van der Waals surface area contributed by atoms with Gasteiger partial charge in [0.1, 0.15) is 18.0 Å². The Morgan fingerprint density at radius 3 is 2.64 bits per heavy atom. The number of carbonyl (C=O) groups excluding carboxylic acids is 4. The molecular formula is C25H25BrN4O6. The number of benzene rings is 2. The van der Waals surface area contributed by atoms with E-state index in [9.17, 15) is 19.2 Å².